The zero-order valence-corrected chi connectivity index (χ0v) is 22.0. The summed E-state index contributed by atoms with van der Waals surface area (Å²) in [4.78, 5) is 2.25. The van der Waals surface area contributed by atoms with E-state index >= 15 is 0 Å². The second-order valence-electron chi connectivity index (χ2n) is 8.54. The van der Waals surface area contributed by atoms with Crippen molar-refractivity contribution in [3.63, 3.8) is 0 Å². The van der Waals surface area contributed by atoms with Crippen molar-refractivity contribution in [2.24, 2.45) is 0 Å². The Morgan fingerprint density at radius 2 is 1.83 bits per heavy atom. The first-order valence-electron chi connectivity index (χ1n) is 12.0. The topological polar surface area (TPSA) is 69.0 Å². The fourth-order valence-corrected chi connectivity index (χ4v) is 3.99. The Morgan fingerprint density at radius 3 is 2.46 bits per heavy atom. The van der Waals surface area contributed by atoms with E-state index in [-0.39, 0.29) is 6.04 Å². The summed E-state index contributed by atoms with van der Waals surface area (Å²) >= 11 is 6.29. The molecule has 0 unspecified atom stereocenters. The van der Waals surface area contributed by atoms with Crippen LogP contribution in [-0.2, 0) is 11.3 Å². The molecule has 0 aliphatic rings. The molecule has 1 N–H and O–H groups in total. The highest BCUT2D eigenvalue weighted by molar-refractivity contribution is 6.30. The van der Waals surface area contributed by atoms with E-state index in [0.717, 1.165) is 29.1 Å². The van der Waals surface area contributed by atoms with Gasteiger partial charge in [-0.2, -0.15) is 5.10 Å². The van der Waals surface area contributed by atoms with Gasteiger partial charge in [0.2, 0.25) is 5.88 Å². The molecule has 0 aliphatic heterocycles. The van der Waals surface area contributed by atoms with Crippen LogP contribution in [0.2, 0.25) is 5.02 Å². The van der Waals surface area contributed by atoms with Crippen LogP contribution in [0.15, 0.2) is 48.5 Å². The molecule has 2 atom stereocenters. The molecule has 0 amide bonds. The van der Waals surface area contributed by atoms with Gasteiger partial charge in [-0.25, -0.2) is 4.68 Å². The van der Waals surface area contributed by atoms with Crippen LogP contribution in [-0.4, -0.2) is 58.8 Å². The number of halogens is 1. The number of ether oxygens (including phenoxy) is 3. The van der Waals surface area contributed by atoms with Crippen LogP contribution in [0, 0.1) is 6.92 Å². The maximum absolute atomic E-state index is 10.6. The van der Waals surface area contributed by atoms with Crippen LogP contribution in [0.4, 0.5) is 0 Å². The molecule has 0 radical (unpaired) electrons. The molecule has 3 rings (SSSR count). The van der Waals surface area contributed by atoms with Crippen molar-refractivity contribution >= 4 is 11.6 Å². The molecular formula is C27H36ClN3O4. The number of rotatable bonds is 13. The Morgan fingerprint density at radius 1 is 1.11 bits per heavy atom. The van der Waals surface area contributed by atoms with Crippen LogP contribution < -0.4 is 9.47 Å². The molecule has 0 fully saturated rings. The van der Waals surface area contributed by atoms with E-state index < -0.39 is 6.10 Å². The van der Waals surface area contributed by atoms with Gasteiger partial charge < -0.3 is 19.3 Å². The van der Waals surface area contributed by atoms with Gasteiger partial charge in [0.1, 0.15) is 11.5 Å². The molecule has 0 spiro atoms. The van der Waals surface area contributed by atoms with E-state index in [1.54, 1.807) is 11.8 Å². The van der Waals surface area contributed by atoms with Crippen LogP contribution in [0.1, 0.15) is 38.4 Å². The normalized spacial score (nSPS) is 13.1. The molecule has 35 heavy (non-hydrogen) atoms. The van der Waals surface area contributed by atoms with Crippen molar-refractivity contribution in [2.45, 2.75) is 52.8 Å². The monoisotopic (exact) mass is 501 g/mol. The van der Waals surface area contributed by atoms with Gasteiger partial charge in [0.15, 0.2) is 0 Å². The van der Waals surface area contributed by atoms with Crippen molar-refractivity contribution in [3.05, 3.63) is 64.8 Å². The number of aromatic nitrogens is 2. The number of aliphatic hydroxyl groups is 1. The number of hydrogen-bond acceptors (Lipinski definition) is 6. The Hall–Kier alpha value is -2.58. The Kier molecular flexibility index (Phi) is 9.98. The lowest BCUT2D eigenvalue weighted by atomic mass is 10.1. The van der Waals surface area contributed by atoms with Crippen molar-refractivity contribution in [2.75, 3.05) is 26.9 Å². The second kappa shape index (κ2) is 12.9. The summed E-state index contributed by atoms with van der Waals surface area (Å²) in [5.74, 6) is 2.03. The highest BCUT2D eigenvalue weighted by atomic mass is 35.5. The van der Waals surface area contributed by atoms with Crippen LogP contribution in [0.25, 0.3) is 5.69 Å². The van der Waals surface area contributed by atoms with E-state index in [1.165, 1.54) is 0 Å². The standard InChI is InChI=1S/C27H36ClN3O4/c1-6-19(3)30(16-23(32)18-34-7-2)17-26-20(4)29-31(22-10-8-9-21(28)15-22)27(26)35-25-13-11-24(33-5)12-14-25/h8-15,19,23,32H,6-7,16-18H2,1-5H3/t19-,23-/m0/s1. The first kappa shape index (κ1) is 27.0. The van der Waals surface area contributed by atoms with E-state index in [4.69, 9.17) is 30.9 Å². The highest BCUT2D eigenvalue weighted by Crippen LogP contribution is 2.33. The van der Waals surface area contributed by atoms with Crippen LogP contribution in [0.3, 0.4) is 0 Å². The maximum Gasteiger partial charge on any atom is 0.227 e. The predicted molar refractivity (Wildman–Crippen MR) is 139 cm³/mol. The Bertz CT molecular complexity index is 1070. The molecule has 3 aromatic rings. The van der Waals surface area contributed by atoms with Crippen molar-refractivity contribution in [1.82, 2.24) is 14.7 Å². The van der Waals surface area contributed by atoms with E-state index in [0.29, 0.717) is 43.0 Å². The molecule has 0 saturated carbocycles. The zero-order valence-electron chi connectivity index (χ0n) is 21.2. The lowest BCUT2D eigenvalue weighted by molar-refractivity contribution is 0.0111. The number of aliphatic hydroxyl groups excluding tert-OH is 1. The van der Waals surface area contributed by atoms with Gasteiger partial charge in [0.05, 0.1) is 36.8 Å². The summed E-state index contributed by atoms with van der Waals surface area (Å²) in [6.45, 7) is 10.1. The lowest BCUT2D eigenvalue weighted by Gasteiger charge is -2.30. The molecule has 0 bridgehead atoms. The van der Waals surface area contributed by atoms with Crippen LogP contribution in [0.5, 0.6) is 17.4 Å². The predicted octanol–water partition coefficient (Wildman–Crippen LogP) is 5.63. The average molecular weight is 502 g/mol. The molecule has 7 nitrogen and oxygen atoms in total. The number of hydrogen-bond donors (Lipinski definition) is 1. The van der Waals surface area contributed by atoms with Gasteiger partial charge in [-0.1, -0.05) is 24.6 Å². The summed E-state index contributed by atoms with van der Waals surface area (Å²) < 4.78 is 18.9. The minimum absolute atomic E-state index is 0.244. The molecule has 1 aromatic heterocycles. The molecule has 0 aliphatic carbocycles. The SMILES string of the molecule is CCOC[C@@H](O)CN(Cc1c(C)nn(-c2cccc(Cl)c2)c1Oc1ccc(OC)cc1)[C@@H](C)CC. The minimum Gasteiger partial charge on any atom is -0.497 e. The van der Waals surface area contributed by atoms with Gasteiger partial charge in [-0.3, -0.25) is 4.90 Å². The molecule has 0 saturated heterocycles. The Balaban J connectivity index is 2.00. The summed E-state index contributed by atoms with van der Waals surface area (Å²) in [5.41, 5.74) is 2.60. The summed E-state index contributed by atoms with van der Waals surface area (Å²) in [5, 5.41) is 16.0. The quantitative estimate of drug-likeness (QED) is 0.327. The van der Waals surface area contributed by atoms with E-state index in [9.17, 15) is 5.11 Å². The molecule has 190 valence electrons. The van der Waals surface area contributed by atoms with Crippen LogP contribution >= 0.6 is 11.6 Å². The minimum atomic E-state index is -0.585. The number of nitrogens with zero attached hydrogens (tertiary/aromatic N) is 3. The van der Waals surface area contributed by atoms with E-state index in [1.807, 2.05) is 62.4 Å². The number of aryl methyl sites for hydroxylation is 1. The maximum atomic E-state index is 10.6. The fourth-order valence-electron chi connectivity index (χ4n) is 3.80. The summed E-state index contributed by atoms with van der Waals surface area (Å²) in [7, 11) is 1.63. The summed E-state index contributed by atoms with van der Waals surface area (Å²) in [6.07, 6.45) is 0.357. The first-order valence-corrected chi connectivity index (χ1v) is 12.4. The van der Waals surface area contributed by atoms with Gasteiger partial charge in [-0.15, -0.1) is 0 Å². The first-order chi connectivity index (χ1) is 16.9. The number of benzene rings is 2. The second-order valence-corrected chi connectivity index (χ2v) is 8.97. The van der Waals surface area contributed by atoms with Gasteiger partial charge in [0, 0.05) is 30.8 Å². The molecular weight excluding hydrogens is 466 g/mol. The lowest BCUT2D eigenvalue weighted by Crippen LogP contribution is -2.40. The smallest absolute Gasteiger partial charge is 0.227 e. The van der Waals surface area contributed by atoms with Gasteiger partial charge in [-0.05, 0) is 69.7 Å². The highest BCUT2D eigenvalue weighted by Gasteiger charge is 2.25. The summed E-state index contributed by atoms with van der Waals surface area (Å²) in [6, 6.07) is 15.2. The third-order valence-electron chi connectivity index (χ3n) is 6.00. The van der Waals surface area contributed by atoms with Crippen molar-refractivity contribution in [3.8, 4) is 23.1 Å². The molecule has 2 aromatic carbocycles. The fraction of sp³-hybridized carbons (Fsp3) is 0.444. The number of methoxy groups -OCH3 is 1. The van der Waals surface area contributed by atoms with E-state index in [2.05, 4.69) is 18.7 Å². The third kappa shape index (κ3) is 7.21. The van der Waals surface area contributed by atoms with Gasteiger partial charge in [0.25, 0.3) is 0 Å². The average Bonchev–Trinajstić information content (AvgIpc) is 3.16. The zero-order chi connectivity index (χ0) is 25.4. The Labute approximate surface area is 213 Å². The van der Waals surface area contributed by atoms with Gasteiger partial charge >= 0.3 is 0 Å². The van der Waals surface area contributed by atoms with Crippen molar-refractivity contribution in [1.29, 1.82) is 0 Å². The van der Waals surface area contributed by atoms with Crippen molar-refractivity contribution < 1.29 is 19.3 Å². The molecule has 8 heteroatoms. The largest absolute Gasteiger partial charge is 0.497 e. The third-order valence-corrected chi connectivity index (χ3v) is 6.23. The molecule has 1 heterocycles.